The number of nitrogens with one attached hydrogen (secondary N) is 1. The fraction of sp³-hybridized carbons (Fsp3) is 0.538. The van der Waals surface area contributed by atoms with Crippen molar-refractivity contribution in [3.63, 3.8) is 0 Å². The summed E-state index contributed by atoms with van der Waals surface area (Å²) in [6.07, 6.45) is 0.963. The lowest BCUT2D eigenvalue weighted by Gasteiger charge is -2.15. The van der Waals surface area contributed by atoms with Gasteiger partial charge in [-0.15, -0.1) is 0 Å². The van der Waals surface area contributed by atoms with Gasteiger partial charge in [0.05, 0.1) is 11.6 Å². The molecule has 0 bridgehead atoms. The molecule has 0 aliphatic carbocycles. The average Bonchev–Trinajstić information content (AvgIpc) is 2.26. The predicted molar refractivity (Wildman–Crippen MR) is 77.9 cm³/mol. The average molecular weight is 291 g/mol. The summed E-state index contributed by atoms with van der Waals surface area (Å²) in [5, 5.41) is 4.28. The molecule has 1 N–H and O–H groups in total. The van der Waals surface area contributed by atoms with Gasteiger partial charge < -0.3 is 15.0 Å². The third kappa shape index (κ3) is 5.02. The van der Waals surface area contributed by atoms with E-state index in [4.69, 9.17) is 27.9 Å². The van der Waals surface area contributed by atoms with Crippen molar-refractivity contribution >= 4 is 23.2 Å². The van der Waals surface area contributed by atoms with Crippen molar-refractivity contribution in [2.75, 3.05) is 34.3 Å². The highest BCUT2D eigenvalue weighted by Gasteiger charge is 2.10. The molecule has 0 saturated carbocycles. The van der Waals surface area contributed by atoms with Crippen LogP contribution in [0.4, 0.5) is 0 Å². The lowest BCUT2D eigenvalue weighted by Crippen LogP contribution is -2.16. The molecule has 5 heteroatoms. The molecule has 1 rings (SSSR count). The number of ether oxygens (including phenoxy) is 1. The number of nitrogens with zero attached hydrogens (tertiary/aromatic N) is 1. The quantitative estimate of drug-likeness (QED) is 0.781. The van der Waals surface area contributed by atoms with Crippen LogP contribution in [0, 0.1) is 0 Å². The van der Waals surface area contributed by atoms with Gasteiger partial charge in [0.25, 0.3) is 0 Å². The Kier molecular flexibility index (Phi) is 6.79. The molecule has 0 spiro atoms. The second kappa shape index (κ2) is 7.85. The van der Waals surface area contributed by atoms with E-state index in [0.717, 1.165) is 24.3 Å². The molecule has 3 nitrogen and oxygen atoms in total. The van der Waals surface area contributed by atoms with Crippen LogP contribution in [0.5, 0.6) is 5.75 Å². The first-order valence-corrected chi connectivity index (χ1v) is 6.70. The first-order valence-electron chi connectivity index (χ1n) is 5.94. The van der Waals surface area contributed by atoms with E-state index in [9.17, 15) is 0 Å². The molecule has 0 aromatic heterocycles. The van der Waals surface area contributed by atoms with Crippen molar-refractivity contribution < 1.29 is 4.74 Å². The SMILES string of the molecule is CNCc1cc(Cl)cc(Cl)c1OCCCN(C)C. The minimum Gasteiger partial charge on any atom is -0.492 e. The van der Waals surface area contributed by atoms with Crippen LogP contribution in [0.1, 0.15) is 12.0 Å². The number of halogens is 2. The van der Waals surface area contributed by atoms with E-state index >= 15 is 0 Å². The smallest absolute Gasteiger partial charge is 0.142 e. The van der Waals surface area contributed by atoms with Gasteiger partial charge in [-0.1, -0.05) is 23.2 Å². The monoisotopic (exact) mass is 290 g/mol. The molecule has 0 amide bonds. The summed E-state index contributed by atoms with van der Waals surface area (Å²) in [6.45, 7) is 2.33. The van der Waals surface area contributed by atoms with Crippen molar-refractivity contribution in [2.45, 2.75) is 13.0 Å². The van der Waals surface area contributed by atoms with Crippen LogP contribution < -0.4 is 10.1 Å². The van der Waals surface area contributed by atoms with Gasteiger partial charge in [-0.25, -0.2) is 0 Å². The molecule has 1 aromatic rings. The normalized spacial score (nSPS) is 11.0. The first-order chi connectivity index (χ1) is 8.54. The summed E-state index contributed by atoms with van der Waals surface area (Å²) in [7, 11) is 5.97. The maximum absolute atomic E-state index is 6.16. The van der Waals surface area contributed by atoms with Crippen molar-refractivity contribution in [3.8, 4) is 5.75 Å². The lowest BCUT2D eigenvalue weighted by molar-refractivity contribution is 0.279. The van der Waals surface area contributed by atoms with Crippen molar-refractivity contribution in [2.24, 2.45) is 0 Å². The minimum atomic E-state index is 0.567. The zero-order chi connectivity index (χ0) is 13.5. The number of benzene rings is 1. The van der Waals surface area contributed by atoms with Crippen LogP contribution >= 0.6 is 23.2 Å². The highest BCUT2D eigenvalue weighted by Crippen LogP contribution is 2.32. The maximum Gasteiger partial charge on any atom is 0.142 e. The fourth-order valence-corrected chi connectivity index (χ4v) is 2.24. The van der Waals surface area contributed by atoms with Crippen LogP contribution in [-0.2, 0) is 6.54 Å². The van der Waals surface area contributed by atoms with Gasteiger partial charge in [0.15, 0.2) is 0 Å². The second-order valence-electron chi connectivity index (χ2n) is 4.41. The maximum atomic E-state index is 6.16. The Bertz CT molecular complexity index is 383. The Balaban J connectivity index is 2.67. The van der Waals surface area contributed by atoms with Crippen molar-refractivity contribution in [3.05, 3.63) is 27.7 Å². The molecule has 0 fully saturated rings. The molecule has 102 valence electrons. The highest BCUT2D eigenvalue weighted by atomic mass is 35.5. The molecule has 1 aromatic carbocycles. The van der Waals surface area contributed by atoms with Crippen molar-refractivity contribution in [1.82, 2.24) is 10.2 Å². The Morgan fingerprint density at radius 1 is 1.28 bits per heavy atom. The number of hydrogen-bond acceptors (Lipinski definition) is 3. The van der Waals surface area contributed by atoms with Crippen LogP contribution in [0.3, 0.4) is 0 Å². The zero-order valence-corrected chi connectivity index (χ0v) is 12.6. The highest BCUT2D eigenvalue weighted by molar-refractivity contribution is 6.35. The Labute approximate surface area is 119 Å². The molecule has 18 heavy (non-hydrogen) atoms. The van der Waals surface area contributed by atoms with E-state index < -0.39 is 0 Å². The first kappa shape index (κ1) is 15.6. The van der Waals surface area contributed by atoms with Gasteiger partial charge in [-0.2, -0.15) is 0 Å². The second-order valence-corrected chi connectivity index (χ2v) is 5.26. The minimum absolute atomic E-state index is 0.567. The summed E-state index contributed by atoms with van der Waals surface area (Å²) in [5.41, 5.74) is 0.986. The van der Waals surface area contributed by atoms with Gasteiger partial charge in [0.2, 0.25) is 0 Å². The predicted octanol–water partition coefficient (Wildman–Crippen LogP) is 3.04. The summed E-state index contributed by atoms with van der Waals surface area (Å²) in [6, 6.07) is 3.59. The summed E-state index contributed by atoms with van der Waals surface area (Å²) in [5.74, 6) is 0.731. The fourth-order valence-electron chi connectivity index (χ4n) is 1.65. The van der Waals surface area contributed by atoms with E-state index in [0.29, 0.717) is 23.2 Å². The van der Waals surface area contributed by atoms with Gasteiger partial charge in [0.1, 0.15) is 5.75 Å². The zero-order valence-electron chi connectivity index (χ0n) is 11.1. The molecule has 0 saturated heterocycles. The summed E-state index contributed by atoms with van der Waals surface area (Å²) >= 11 is 12.2. The third-order valence-electron chi connectivity index (χ3n) is 2.45. The van der Waals surface area contributed by atoms with Crippen LogP contribution in [-0.4, -0.2) is 39.2 Å². The molecule has 0 unspecified atom stereocenters. The van der Waals surface area contributed by atoms with Crippen LogP contribution in [0.2, 0.25) is 10.0 Å². The van der Waals surface area contributed by atoms with E-state index in [2.05, 4.69) is 10.2 Å². The molecular weight excluding hydrogens is 271 g/mol. The molecule has 0 atom stereocenters. The standard InChI is InChI=1S/C13H20Cl2N2O/c1-16-9-10-7-11(14)8-12(15)13(10)18-6-4-5-17(2)3/h7-8,16H,4-6,9H2,1-3H3. The van der Waals surface area contributed by atoms with E-state index in [1.54, 1.807) is 6.07 Å². The third-order valence-corrected chi connectivity index (χ3v) is 2.95. The Hall–Kier alpha value is -0.480. The van der Waals surface area contributed by atoms with Gasteiger partial charge in [0, 0.05) is 23.7 Å². The molecule has 0 aliphatic heterocycles. The largest absolute Gasteiger partial charge is 0.492 e. The van der Waals surface area contributed by atoms with Gasteiger partial charge in [-0.05, 0) is 39.7 Å². The number of rotatable bonds is 7. The summed E-state index contributed by atoms with van der Waals surface area (Å²) < 4.78 is 5.77. The molecule has 0 heterocycles. The van der Waals surface area contributed by atoms with Gasteiger partial charge in [-0.3, -0.25) is 0 Å². The topological polar surface area (TPSA) is 24.5 Å². The van der Waals surface area contributed by atoms with Crippen LogP contribution in [0.25, 0.3) is 0 Å². The van der Waals surface area contributed by atoms with Gasteiger partial charge >= 0.3 is 0 Å². The van der Waals surface area contributed by atoms with E-state index in [-0.39, 0.29) is 0 Å². The molecular formula is C13H20Cl2N2O. The number of hydrogen-bond donors (Lipinski definition) is 1. The lowest BCUT2D eigenvalue weighted by atomic mass is 10.2. The summed E-state index contributed by atoms with van der Waals surface area (Å²) in [4.78, 5) is 2.13. The molecule has 0 aliphatic rings. The van der Waals surface area contributed by atoms with E-state index in [1.807, 2.05) is 27.2 Å². The Morgan fingerprint density at radius 3 is 2.61 bits per heavy atom. The Morgan fingerprint density at radius 2 is 2.00 bits per heavy atom. The molecule has 0 radical (unpaired) electrons. The van der Waals surface area contributed by atoms with E-state index in [1.165, 1.54) is 0 Å². The van der Waals surface area contributed by atoms with Crippen LogP contribution in [0.15, 0.2) is 12.1 Å². The van der Waals surface area contributed by atoms with Crippen molar-refractivity contribution in [1.29, 1.82) is 0 Å².